The molecular formula is C13H13ClFN3. The molecule has 5 heteroatoms. The zero-order valence-electron chi connectivity index (χ0n) is 10.1. The van der Waals surface area contributed by atoms with Gasteiger partial charge in [-0.15, -0.1) is 5.10 Å². The third kappa shape index (κ3) is 2.43. The van der Waals surface area contributed by atoms with Crippen molar-refractivity contribution in [1.82, 2.24) is 10.2 Å². The van der Waals surface area contributed by atoms with Gasteiger partial charge in [-0.05, 0) is 43.7 Å². The molecule has 0 saturated carbocycles. The van der Waals surface area contributed by atoms with Gasteiger partial charge >= 0.3 is 0 Å². The Morgan fingerprint density at radius 2 is 1.83 bits per heavy atom. The van der Waals surface area contributed by atoms with E-state index in [2.05, 4.69) is 10.2 Å². The Morgan fingerprint density at radius 3 is 2.39 bits per heavy atom. The first-order chi connectivity index (χ1) is 8.51. The van der Waals surface area contributed by atoms with Crippen LogP contribution in [0.3, 0.4) is 0 Å². The fourth-order valence-electron chi connectivity index (χ4n) is 1.66. The standard InChI is InChI=1S/C13H13ClFN3/c1-13(2,10-5-7-11(15)8-6-10)18(14)12-4-3-9-16-17-12/h3-9H,1-2H3. The first kappa shape index (κ1) is 12.8. The number of anilines is 1. The highest BCUT2D eigenvalue weighted by Gasteiger charge is 2.29. The van der Waals surface area contributed by atoms with Crippen molar-refractivity contribution in [2.75, 3.05) is 4.42 Å². The molecule has 0 atom stereocenters. The van der Waals surface area contributed by atoms with Crippen LogP contribution in [-0.4, -0.2) is 10.2 Å². The molecule has 0 bridgehead atoms. The van der Waals surface area contributed by atoms with Crippen molar-refractivity contribution in [1.29, 1.82) is 0 Å². The molecule has 1 aromatic heterocycles. The van der Waals surface area contributed by atoms with Crippen LogP contribution in [0.15, 0.2) is 42.6 Å². The molecule has 2 rings (SSSR count). The Balaban J connectivity index is 2.33. The van der Waals surface area contributed by atoms with E-state index in [1.54, 1.807) is 30.5 Å². The smallest absolute Gasteiger partial charge is 0.166 e. The normalized spacial score (nSPS) is 11.3. The van der Waals surface area contributed by atoms with Gasteiger partial charge in [0.15, 0.2) is 5.82 Å². The van der Waals surface area contributed by atoms with Crippen LogP contribution in [0.25, 0.3) is 0 Å². The van der Waals surface area contributed by atoms with Gasteiger partial charge in [0.25, 0.3) is 0 Å². The molecule has 0 aliphatic heterocycles. The van der Waals surface area contributed by atoms with Crippen molar-refractivity contribution in [2.45, 2.75) is 19.4 Å². The maximum Gasteiger partial charge on any atom is 0.166 e. The van der Waals surface area contributed by atoms with E-state index in [9.17, 15) is 4.39 Å². The monoisotopic (exact) mass is 265 g/mol. The lowest BCUT2D eigenvalue weighted by Crippen LogP contribution is -2.35. The summed E-state index contributed by atoms with van der Waals surface area (Å²) >= 11 is 6.31. The Kier molecular flexibility index (Phi) is 3.48. The summed E-state index contributed by atoms with van der Waals surface area (Å²) in [4.78, 5) is 0. The third-order valence-corrected chi connectivity index (χ3v) is 3.40. The molecule has 0 N–H and O–H groups in total. The van der Waals surface area contributed by atoms with Crippen LogP contribution in [0.2, 0.25) is 0 Å². The summed E-state index contributed by atoms with van der Waals surface area (Å²) in [6.45, 7) is 3.86. The number of rotatable bonds is 3. The SMILES string of the molecule is CC(C)(c1ccc(F)cc1)N(Cl)c1cccnn1. The number of hydrogen-bond acceptors (Lipinski definition) is 3. The zero-order valence-corrected chi connectivity index (χ0v) is 10.9. The maximum absolute atomic E-state index is 12.9. The van der Waals surface area contributed by atoms with Gasteiger partial charge in [0.05, 0.1) is 5.54 Å². The quantitative estimate of drug-likeness (QED) is 0.795. The Hall–Kier alpha value is -1.68. The van der Waals surface area contributed by atoms with Gasteiger partial charge < -0.3 is 0 Å². The van der Waals surface area contributed by atoms with E-state index in [1.165, 1.54) is 16.6 Å². The first-order valence-electron chi connectivity index (χ1n) is 5.51. The van der Waals surface area contributed by atoms with E-state index in [0.29, 0.717) is 5.82 Å². The van der Waals surface area contributed by atoms with Crippen LogP contribution >= 0.6 is 11.8 Å². The number of halogens is 2. The van der Waals surface area contributed by atoms with Gasteiger partial charge in [0.2, 0.25) is 0 Å². The summed E-state index contributed by atoms with van der Waals surface area (Å²) in [6.07, 6.45) is 1.58. The first-order valence-corrected chi connectivity index (χ1v) is 5.85. The van der Waals surface area contributed by atoms with Gasteiger partial charge in [-0.1, -0.05) is 12.1 Å². The summed E-state index contributed by atoms with van der Waals surface area (Å²) < 4.78 is 14.4. The van der Waals surface area contributed by atoms with Gasteiger partial charge in [0, 0.05) is 18.0 Å². The molecule has 0 aliphatic rings. The van der Waals surface area contributed by atoms with Gasteiger partial charge in [-0.3, -0.25) is 4.42 Å². The lowest BCUT2D eigenvalue weighted by Gasteiger charge is -2.33. The molecule has 0 spiro atoms. The highest BCUT2D eigenvalue weighted by atomic mass is 35.5. The molecule has 1 aromatic carbocycles. The average Bonchev–Trinajstić information content (AvgIpc) is 2.39. The van der Waals surface area contributed by atoms with Crippen LogP contribution in [0, 0.1) is 5.82 Å². The molecule has 0 amide bonds. The number of aromatic nitrogens is 2. The maximum atomic E-state index is 12.9. The van der Waals surface area contributed by atoms with E-state index in [4.69, 9.17) is 11.8 Å². The number of benzene rings is 1. The van der Waals surface area contributed by atoms with E-state index >= 15 is 0 Å². The number of hydrogen-bond donors (Lipinski definition) is 0. The van der Waals surface area contributed by atoms with Gasteiger partial charge in [0.1, 0.15) is 5.82 Å². The molecule has 1 heterocycles. The zero-order chi connectivity index (χ0) is 13.2. The highest BCUT2D eigenvalue weighted by Crippen LogP contribution is 2.32. The predicted octanol–water partition coefficient (Wildman–Crippen LogP) is 3.51. The fraction of sp³-hybridized carbons (Fsp3) is 0.231. The molecule has 3 nitrogen and oxygen atoms in total. The van der Waals surface area contributed by atoms with Crippen LogP contribution in [0.4, 0.5) is 10.2 Å². The second-order valence-corrected chi connectivity index (χ2v) is 4.77. The van der Waals surface area contributed by atoms with Crippen molar-refractivity contribution in [2.24, 2.45) is 0 Å². The molecule has 2 aromatic rings. The van der Waals surface area contributed by atoms with Crippen molar-refractivity contribution in [3.05, 3.63) is 54.0 Å². The van der Waals surface area contributed by atoms with E-state index < -0.39 is 5.54 Å². The van der Waals surface area contributed by atoms with E-state index in [0.717, 1.165) is 5.56 Å². The molecule has 0 unspecified atom stereocenters. The molecule has 0 aliphatic carbocycles. The van der Waals surface area contributed by atoms with Crippen molar-refractivity contribution < 1.29 is 4.39 Å². The molecule has 94 valence electrons. The summed E-state index contributed by atoms with van der Waals surface area (Å²) in [7, 11) is 0. The van der Waals surface area contributed by atoms with Gasteiger partial charge in [-0.25, -0.2) is 4.39 Å². The molecule has 0 saturated heterocycles. The minimum atomic E-state index is -0.523. The Bertz CT molecular complexity index is 514. The van der Waals surface area contributed by atoms with Gasteiger partial charge in [-0.2, -0.15) is 5.10 Å². The topological polar surface area (TPSA) is 29.0 Å². The van der Waals surface area contributed by atoms with Crippen LogP contribution in [0.5, 0.6) is 0 Å². The van der Waals surface area contributed by atoms with Crippen LogP contribution in [-0.2, 0) is 5.54 Å². The average molecular weight is 266 g/mol. The highest BCUT2D eigenvalue weighted by molar-refractivity contribution is 6.26. The van der Waals surface area contributed by atoms with Crippen LogP contribution < -0.4 is 4.42 Å². The predicted molar refractivity (Wildman–Crippen MR) is 69.8 cm³/mol. The van der Waals surface area contributed by atoms with Crippen molar-refractivity contribution >= 4 is 17.6 Å². The molecule has 0 fully saturated rings. The Labute approximate surface area is 110 Å². The number of nitrogens with zero attached hydrogens (tertiary/aromatic N) is 3. The summed E-state index contributed by atoms with van der Waals surface area (Å²) in [5.41, 5.74) is 0.371. The van der Waals surface area contributed by atoms with Crippen molar-refractivity contribution in [3.8, 4) is 0 Å². The second-order valence-electron chi connectivity index (χ2n) is 4.43. The molecular weight excluding hydrogens is 253 g/mol. The minimum Gasteiger partial charge on any atom is -0.257 e. The van der Waals surface area contributed by atoms with Crippen LogP contribution in [0.1, 0.15) is 19.4 Å². The lowest BCUT2D eigenvalue weighted by molar-refractivity contribution is 0.549. The Morgan fingerprint density at radius 1 is 1.17 bits per heavy atom. The largest absolute Gasteiger partial charge is 0.257 e. The van der Waals surface area contributed by atoms with E-state index in [-0.39, 0.29) is 5.82 Å². The minimum absolute atomic E-state index is 0.268. The summed E-state index contributed by atoms with van der Waals surface area (Å²) in [6, 6.07) is 9.78. The fourth-order valence-corrected chi connectivity index (χ4v) is 1.84. The second kappa shape index (κ2) is 4.90. The summed E-state index contributed by atoms with van der Waals surface area (Å²) in [5.74, 6) is 0.281. The van der Waals surface area contributed by atoms with E-state index in [1.807, 2.05) is 13.8 Å². The lowest BCUT2D eigenvalue weighted by atomic mass is 9.94. The summed E-state index contributed by atoms with van der Waals surface area (Å²) in [5, 5.41) is 7.75. The molecule has 0 radical (unpaired) electrons. The molecule has 18 heavy (non-hydrogen) atoms. The van der Waals surface area contributed by atoms with Crippen molar-refractivity contribution in [3.63, 3.8) is 0 Å². The third-order valence-electron chi connectivity index (χ3n) is 2.80.